The van der Waals surface area contributed by atoms with Crippen molar-refractivity contribution in [2.75, 3.05) is 7.11 Å². The molecule has 1 fully saturated rings. The number of thiazole rings is 1. The van der Waals surface area contributed by atoms with Gasteiger partial charge in [-0.3, -0.25) is 0 Å². The van der Waals surface area contributed by atoms with Gasteiger partial charge in [-0.25, -0.2) is 4.98 Å². The van der Waals surface area contributed by atoms with E-state index in [1.54, 1.807) is 0 Å². The van der Waals surface area contributed by atoms with Crippen LogP contribution in [0.3, 0.4) is 0 Å². The van der Waals surface area contributed by atoms with Gasteiger partial charge in [-0.1, -0.05) is 19.3 Å². The van der Waals surface area contributed by atoms with Gasteiger partial charge in [-0.05, 0) is 12.8 Å². The van der Waals surface area contributed by atoms with Gasteiger partial charge in [0.25, 0.3) is 0 Å². The molecule has 0 amide bonds. The summed E-state index contributed by atoms with van der Waals surface area (Å²) in [5, 5.41) is 9.43. The van der Waals surface area contributed by atoms with Crippen LogP contribution in [0, 0.1) is 0 Å². The highest BCUT2D eigenvalue weighted by molar-refractivity contribution is 7.11. The monoisotopic (exact) mass is 295 g/mol. The lowest BCUT2D eigenvalue weighted by Crippen LogP contribution is -2.40. The Morgan fingerprint density at radius 3 is 2.47 bits per heavy atom. The minimum Gasteiger partial charge on any atom is -0.384 e. The summed E-state index contributed by atoms with van der Waals surface area (Å²) in [7, 11) is 1.50. The Labute approximate surface area is 113 Å². The average Bonchev–Trinajstić information content (AvgIpc) is 2.88. The Morgan fingerprint density at radius 1 is 1.37 bits per heavy atom. The lowest BCUT2D eigenvalue weighted by Gasteiger charge is -2.39. The summed E-state index contributed by atoms with van der Waals surface area (Å²) in [4.78, 5) is 3.57. The average molecular weight is 295 g/mol. The zero-order chi connectivity index (χ0) is 14.1. The molecule has 0 aromatic carbocycles. The summed E-state index contributed by atoms with van der Waals surface area (Å²) in [6.45, 7) is 0. The second kappa shape index (κ2) is 5.38. The second-order valence-electron chi connectivity index (χ2n) is 4.80. The van der Waals surface area contributed by atoms with Crippen molar-refractivity contribution in [2.45, 2.75) is 50.0 Å². The molecule has 2 rings (SSSR count). The standard InChI is InChI=1S/C12H16F3NO2S/c1-18-11(5-3-2-4-6-11)9(17)8-7-16-10(19-8)12(13,14)15/h7,9,17H,2-6H2,1H3. The lowest BCUT2D eigenvalue weighted by molar-refractivity contribution is -0.137. The first-order chi connectivity index (χ1) is 8.89. The van der Waals surface area contributed by atoms with Gasteiger partial charge in [0.05, 0.1) is 10.5 Å². The molecule has 1 heterocycles. The third kappa shape index (κ3) is 2.93. The van der Waals surface area contributed by atoms with E-state index in [1.807, 2.05) is 0 Å². The fourth-order valence-corrected chi connectivity index (χ4v) is 3.42. The van der Waals surface area contributed by atoms with Gasteiger partial charge in [0, 0.05) is 13.3 Å². The smallest absolute Gasteiger partial charge is 0.384 e. The number of hydrogen-bond acceptors (Lipinski definition) is 4. The molecule has 108 valence electrons. The van der Waals surface area contributed by atoms with Gasteiger partial charge in [-0.2, -0.15) is 13.2 Å². The van der Waals surface area contributed by atoms with Crippen LogP contribution in [-0.2, 0) is 10.9 Å². The first kappa shape index (κ1) is 14.7. The van der Waals surface area contributed by atoms with Crippen LogP contribution in [0.5, 0.6) is 0 Å². The van der Waals surface area contributed by atoms with Gasteiger partial charge < -0.3 is 9.84 Å². The van der Waals surface area contributed by atoms with Crippen LogP contribution in [0.2, 0.25) is 0 Å². The number of halogens is 3. The minimum atomic E-state index is -4.46. The number of rotatable bonds is 3. The van der Waals surface area contributed by atoms with Gasteiger partial charge in [0.2, 0.25) is 0 Å². The van der Waals surface area contributed by atoms with Crippen LogP contribution in [0.15, 0.2) is 6.20 Å². The highest BCUT2D eigenvalue weighted by Crippen LogP contribution is 2.44. The Morgan fingerprint density at radius 2 is 2.00 bits per heavy atom. The number of aliphatic hydroxyl groups excluding tert-OH is 1. The van der Waals surface area contributed by atoms with Crippen LogP contribution in [-0.4, -0.2) is 22.8 Å². The largest absolute Gasteiger partial charge is 0.443 e. The van der Waals surface area contributed by atoms with Crippen molar-refractivity contribution in [1.29, 1.82) is 0 Å². The maximum absolute atomic E-state index is 12.5. The van der Waals surface area contributed by atoms with Crippen molar-refractivity contribution in [3.8, 4) is 0 Å². The van der Waals surface area contributed by atoms with E-state index in [-0.39, 0.29) is 4.88 Å². The molecule has 1 aromatic heterocycles. The number of alkyl halides is 3. The molecular weight excluding hydrogens is 279 g/mol. The molecular formula is C12H16F3NO2S. The molecule has 1 aliphatic rings. The van der Waals surface area contributed by atoms with E-state index in [0.717, 1.165) is 25.5 Å². The van der Waals surface area contributed by atoms with Crippen LogP contribution in [0.25, 0.3) is 0 Å². The predicted molar refractivity (Wildman–Crippen MR) is 64.9 cm³/mol. The molecule has 1 unspecified atom stereocenters. The van der Waals surface area contributed by atoms with Gasteiger partial charge >= 0.3 is 6.18 Å². The van der Waals surface area contributed by atoms with Gasteiger partial charge in [0.15, 0.2) is 5.01 Å². The molecule has 1 N–H and O–H groups in total. The van der Waals surface area contributed by atoms with Crippen molar-refractivity contribution >= 4 is 11.3 Å². The molecule has 3 nitrogen and oxygen atoms in total. The SMILES string of the molecule is COC1(C(O)c2cnc(C(F)(F)F)s2)CCCCC1. The van der Waals surface area contributed by atoms with E-state index in [1.165, 1.54) is 7.11 Å². The van der Waals surface area contributed by atoms with Crippen LogP contribution in [0.1, 0.15) is 48.1 Å². The number of hydrogen-bond donors (Lipinski definition) is 1. The normalized spacial score (nSPS) is 21.3. The quantitative estimate of drug-likeness (QED) is 0.927. The molecule has 0 bridgehead atoms. The molecule has 1 saturated carbocycles. The Balaban J connectivity index is 2.22. The van der Waals surface area contributed by atoms with Crippen LogP contribution < -0.4 is 0 Å². The topological polar surface area (TPSA) is 42.4 Å². The summed E-state index contributed by atoms with van der Waals surface area (Å²) >= 11 is 0.489. The number of ether oxygens (including phenoxy) is 1. The van der Waals surface area contributed by atoms with E-state index < -0.39 is 22.9 Å². The number of aliphatic hydroxyl groups is 1. The summed E-state index contributed by atoms with van der Waals surface area (Å²) in [6.07, 6.45) is -0.206. The van der Waals surface area contributed by atoms with E-state index >= 15 is 0 Å². The van der Waals surface area contributed by atoms with Crippen molar-refractivity contribution in [1.82, 2.24) is 4.98 Å². The fraction of sp³-hybridized carbons (Fsp3) is 0.750. The summed E-state index contributed by atoms with van der Waals surface area (Å²) in [5.74, 6) is 0. The van der Waals surface area contributed by atoms with Crippen molar-refractivity contribution in [2.24, 2.45) is 0 Å². The molecule has 1 atom stereocenters. The minimum absolute atomic E-state index is 0.219. The highest BCUT2D eigenvalue weighted by atomic mass is 32.1. The molecule has 1 aromatic rings. The summed E-state index contributed by atoms with van der Waals surface area (Å²) in [6, 6.07) is 0. The predicted octanol–water partition coefficient (Wildman–Crippen LogP) is 3.54. The molecule has 0 aliphatic heterocycles. The second-order valence-corrected chi connectivity index (χ2v) is 5.86. The molecule has 1 aliphatic carbocycles. The first-order valence-corrected chi connectivity index (χ1v) is 6.97. The van der Waals surface area contributed by atoms with Gasteiger partial charge in [0.1, 0.15) is 6.10 Å². The van der Waals surface area contributed by atoms with Crippen LogP contribution in [0.4, 0.5) is 13.2 Å². The fourth-order valence-electron chi connectivity index (χ4n) is 2.54. The zero-order valence-electron chi connectivity index (χ0n) is 10.5. The molecule has 7 heteroatoms. The Bertz CT molecular complexity index is 427. The van der Waals surface area contributed by atoms with Crippen molar-refractivity contribution < 1.29 is 23.0 Å². The maximum atomic E-state index is 12.5. The van der Waals surface area contributed by atoms with Gasteiger partial charge in [-0.15, -0.1) is 11.3 Å². The summed E-state index contributed by atoms with van der Waals surface area (Å²) in [5.41, 5.74) is -0.770. The van der Waals surface area contributed by atoms with E-state index in [0.29, 0.717) is 24.2 Å². The third-order valence-corrected chi connectivity index (χ3v) is 4.73. The lowest BCUT2D eigenvalue weighted by atomic mass is 9.80. The molecule has 19 heavy (non-hydrogen) atoms. The van der Waals surface area contributed by atoms with Crippen molar-refractivity contribution in [3.05, 3.63) is 16.1 Å². The third-order valence-electron chi connectivity index (χ3n) is 3.64. The van der Waals surface area contributed by atoms with E-state index in [4.69, 9.17) is 4.74 Å². The maximum Gasteiger partial charge on any atom is 0.443 e. The first-order valence-electron chi connectivity index (χ1n) is 6.15. The number of aromatic nitrogens is 1. The van der Waals surface area contributed by atoms with E-state index in [2.05, 4.69) is 4.98 Å². The zero-order valence-corrected chi connectivity index (χ0v) is 11.4. The highest BCUT2D eigenvalue weighted by Gasteiger charge is 2.42. The molecule has 0 saturated heterocycles. The summed E-state index contributed by atoms with van der Waals surface area (Å²) < 4.78 is 43.0. The number of nitrogens with zero attached hydrogens (tertiary/aromatic N) is 1. The number of methoxy groups -OCH3 is 1. The molecule has 0 spiro atoms. The Kier molecular flexibility index (Phi) is 4.17. The van der Waals surface area contributed by atoms with Crippen molar-refractivity contribution in [3.63, 3.8) is 0 Å². The van der Waals surface area contributed by atoms with Crippen LogP contribution >= 0.6 is 11.3 Å². The Hall–Kier alpha value is -0.660. The van der Waals surface area contributed by atoms with E-state index in [9.17, 15) is 18.3 Å². The molecule has 0 radical (unpaired) electrons.